The summed E-state index contributed by atoms with van der Waals surface area (Å²) in [5.41, 5.74) is 2.98. The Kier molecular flexibility index (Phi) is 4.05. The highest BCUT2D eigenvalue weighted by atomic mass is 16.5. The molecule has 2 aliphatic heterocycles. The van der Waals surface area contributed by atoms with Crippen LogP contribution in [0, 0.1) is 0 Å². The van der Waals surface area contributed by atoms with Crippen LogP contribution in [0.4, 0.5) is 4.79 Å². The fourth-order valence-corrected chi connectivity index (χ4v) is 4.80. The Hall–Kier alpha value is -3.02. The highest BCUT2D eigenvalue weighted by Crippen LogP contribution is 2.42. The van der Waals surface area contributed by atoms with Crippen LogP contribution in [0.15, 0.2) is 36.4 Å². The van der Waals surface area contributed by atoms with E-state index in [0.29, 0.717) is 18.8 Å². The average molecular weight is 392 g/mol. The molecule has 0 aromatic heterocycles. The first kappa shape index (κ1) is 18.0. The number of urea groups is 1. The summed E-state index contributed by atoms with van der Waals surface area (Å²) in [5.74, 6) is 1.32. The fourth-order valence-electron chi connectivity index (χ4n) is 4.80. The van der Waals surface area contributed by atoms with Gasteiger partial charge in [-0.15, -0.1) is 0 Å². The molecule has 1 spiro atoms. The number of nitrogens with zero attached hydrogens (tertiary/aromatic N) is 1. The highest BCUT2D eigenvalue weighted by Gasteiger charge is 2.55. The normalized spacial score (nSPS) is 24.5. The SMILES string of the molecule is CCOc1cc2c(cc1CN1C(=O)NC3(CCc4ccccc43)C1=O)OC(C)C2. The summed E-state index contributed by atoms with van der Waals surface area (Å²) >= 11 is 0. The molecule has 2 aromatic carbocycles. The molecular weight excluding hydrogens is 368 g/mol. The Labute approximate surface area is 169 Å². The predicted octanol–water partition coefficient (Wildman–Crippen LogP) is 3.30. The van der Waals surface area contributed by atoms with E-state index in [-0.39, 0.29) is 24.6 Å². The molecule has 1 aliphatic carbocycles. The number of hydrogen-bond acceptors (Lipinski definition) is 4. The van der Waals surface area contributed by atoms with Gasteiger partial charge in [0.15, 0.2) is 0 Å². The molecule has 5 rings (SSSR count). The second kappa shape index (κ2) is 6.51. The van der Waals surface area contributed by atoms with Crippen molar-refractivity contribution in [2.45, 2.75) is 51.3 Å². The van der Waals surface area contributed by atoms with Crippen LogP contribution in [0.3, 0.4) is 0 Å². The van der Waals surface area contributed by atoms with Gasteiger partial charge in [-0.25, -0.2) is 4.79 Å². The zero-order valence-corrected chi connectivity index (χ0v) is 16.7. The number of benzene rings is 2. The van der Waals surface area contributed by atoms with Crippen molar-refractivity contribution in [1.82, 2.24) is 10.2 Å². The van der Waals surface area contributed by atoms with Crippen molar-refractivity contribution in [2.24, 2.45) is 0 Å². The second-order valence-corrected chi connectivity index (χ2v) is 8.02. The minimum Gasteiger partial charge on any atom is -0.494 e. The molecule has 1 N–H and O–H groups in total. The Morgan fingerprint density at radius 2 is 2.07 bits per heavy atom. The molecule has 3 aliphatic rings. The van der Waals surface area contributed by atoms with Gasteiger partial charge >= 0.3 is 6.03 Å². The Morgan fingerprint density at radius 1 is 1.24 bits per heavy atom. The summed E-state index contributed by atoms with van der Waals surface area (Å²) in [6, 6.07) is 11.4. The van der Waals surface area contributed by atoms with Gasteiger partial charge in [0.25, 0.3) is 5.91 Å². The van der Waals surface area contributed by atoms with Crippen LogP contribution in [-0.4, -0.2) is 29.5 Å². The van der Waals surface area contributed by atoms with Gasteiger partial charge in [0.05, 0.1) is 13.2 Å². The van der Waals surface area contributed by atoms with Crippen LogP contribution in [-0.2, 0) is 29.7 Å². The number of aryl methyl sites for hydroxylation is 1. The van der Waals surface area contributed by atoms with E-state index >= 15 is 0 Å². The van der Waals surface area contributed by atoms with Crippen molar-refractivity contribution in [3.05, 3.63) is 58.7 Å². The molecule has 1 fully saturated rings. The summed E-state index contributed by atoms with van der Waals surface area (Å²) in [6.07, 6.45) is 2.32. The van der Waals surface area contributed by atoms with Gasteiger partial charge in [-0.3, -0.25) is 9.69 Å². The maximum Gasteiger partial charge on any atom is 0.325 e. The zero-order valence-electron chi connectivity index (χ0n) is 16.7. The second-order valence-electron chi connectivity index (χ2n) is 8.02. The van der Waals surface area contributed by atoms with Crippen LogP contribution >= 0.6 is 0 Å². The lowest BCUT2D eigenvalue weighted by atomic mass is 9.92. The topological polar surface area (TPSA) is 67.9 Å². The Morgan fingerprint density at radius 3 is 2.90 bits per heavy atom. The quantitative estimate of drug-likeness (QED) is 0.811. The number of carbonyl (C=O) groups is 2. The maximum absolute atomic E-state index is 13.4. The van der Waals surface area contributed by atoms with Crippen molar-refractivity contribution >= 4 is 11.9 Å². The van der Waals surface area contributed by atoms with E-state index in [1.807, 2.05) is 50.2 Å². The third-order valence-electron chi connectivity index (χ3n) is 6.13. The first-order chi connectivity index (χ1) is 14.0. The minimum absolute atomic E-state index is 0.115. The van der Waals surface area contributed by atoms with Gasteiger partial charge in [0, 0.05) is 17.5 Å². The smallest absolute Gasteiger partial charge is 0.325 e. The van der Waals surface area contributed by atoms with Gasteiger partial charge in [0.1, 0.15) is 23.1 Å². The average Bonchev–Trinajstić information content (AvgIpc) is 3.32. The number of amides is 3. The summed E-state index contributed by atoms with van der Waals surface area (Å²) in [6.45, 7) is 4.63. The Bertz CT molecular complexity index is 1020. The highest BCUT2D eigenvalue weighted by molar-refractivity contribution is 6.08. The summed E-state index contributed by atoms with van der Waals surface area (Å²) < 4.78 is 11.7. The number of fused-ring (bicyclic) bond motifs is 3. The lowest BCUT2D eigenvalue weighted by Crippen LogP contribution is -2.41. The van der Waals surface area contributed by atoms with E-state index in [1.54, 1.807) is 0 Å². The molecule has 2 heterocycles. The molecule has 6 nitrogen and oxygen atoms in total. The molecule has 2 aromatic rings. The molecule has 0 saturated carbocycles. The molecule has 2 atom stereocenters. The maximum atomic E-state index is 13.4. The number of nitrogens with one attached hydrogen (secondary N) is 1. The lowest BCUT2D eigenvalue weighted by Gasteiger charge is -2.22. The van der Waals surface area contributed by atoms with Gasteiger partial charge in [-0.1, -0.05) is 24.3 Å². The molecule has 0 bridgehead atoms. The molecule has 2 unspecified atom stereocenters. The number of imide groups is 1. The summed E-state index contributed by atoms with van der Waals surface area (Å²) in [5, 5.41) is 2.98. The van der Waals surface area contributed by atoms with E-state index in [1.165, 1.54) is 4.90 Å². The number of ether oxygens (including phenoxy) is 2. The summed E-state index contributed by atoms with van der Waals surface area (Å²) in [4.78, 5) is 27.6. The van der Waals surface area contributed by atoms with Crippen molar-refractivity contribution in [2.75, 3.05) is 6.61 Å². The number of hydrogen-bond donors (Lipinski definition) is 1. The van der Waals surface area contributed by atoms with E-state index in [4.69, 9.17) is 9.47 Å². The van der Waals surface area contributed by atoms with Crippen molar-refractivity contribution in [3.63, 3.8) is 0 Å². The van der Waals surface area contributed by atoms with Crippen molar-refractivity contribution < 1.29 is 19.1 Å². The van der Waals surface area contributed by atoms with E-state index in [2.05, 4.69) is 5.32 Å². The van der Waals surface area contributed by atoms with Gasteiger partial charge < -0.3 is 14.8 Å². The van der Waals surface area contributed by atoms with Crippen molar-refractivity contribution in [1.29, 1.82) is 0 Å². The van der Waals surface area contributed by atoms with E-state index < -0.39 is 5.54 Å². The minimum atomic E-state index is -0.943. The van der Waals surface area contributed by atoms with Gasteiger partial charge in [-0.2, -0.15) is 0 Å². The zero-order chi connectivity index (χ0) is 20.2. The number of carbonyl (C=O) groups excluding carboxylic acids is 2. The van der Waals surface area contributed by atoms with Crippen LogP contribution < -0.4 is 14.8 Å². The molecule has 3 amide bonds. The lowest BCUT2D eigenvalue weighted by molar-refractivity contribution is -0.132. The van der Waals surface area contributed by atoms with Crippen molar-refractivity contribution in [3.8, 4) is 11.5 Å². The van der Waals surface area contributed by atoms with E-state index in [9.17, 15) is 9.59 Å². The van der Waals surface area contributed by atoms with Gasteiger partial charge in [0.2, 0.25) is 0 Å². The third kappa shape index (κ3) is 2.69. The van der Waals surface area contributed by atoms with Crippen LogP contribution in [0.5, 0.6) is 11.5 Å². The van der Waals surface area contributed by atoms with Crippen LogP contribution in [0.2, 0.25) is 0 Å². The monoisotopic (exact) mass is 392 g/mol. The molecule has 1 saturated heterocycles. The predicted molar refractivity (Wildman–Crippen MR) is 107 cm³/mol. The standard InChI is InChI=1S/C23H24N2O4/c1-3-28-19-11-16-10-14(2)29-20(16)12-17(19)13-25-21(26)23(24-22(25)27)9-8-15-6-4-5-7-18(15)23/h4-7,11-12,14H,3,8-10,13H2,1-2H3,(H,24,27). The third-order valence-corrected chi connectivity index (χ3v) is 6.13. The van der Waals surface area contributed by atoms with E-state index in [0.717, 1.165) is 40.8 Å². The first-order valence-corrected chi connectivity index (χ1v) is 10.2. The van der Waals surface area contributed by atoms with Crippen LogP contribution in [0.1, 0.15) is 42.5 Å². The molecule has 0 radical (unpaired) electrons. The Balaban J connectivity index is 1.48. The first-order valence-electron chi connectivity index (χ1n) is 10.2. The summed E-state index contributed by atoms with van der Waals surface area (Å²) in [7, 11) is 0. The number of rotatable bonds is 4. The van der Waals surface area contributed by atoms with Gasteiger partial charge in [-0.05, 0) is 49.9 Å². The van der Waals surface area contributed by atoms with Crippen LogP contribution in [0.25, 0.3) is 0 Å². The molecular formula is C23H24N2O4. The molecule has 6 heteroatoms. The largest absolute Gasteiger partial charge is 0.494 e. The molecule has 29 heavy (non-hydrogen) atoms. The fraction of sp³-hybridized carbons (Fsp3) is 0.391. The molecule has 150 valence electrons.